The summed E-state index contributed by atoms with van der Waals surface area (Å²) in [7, 11) is 1.82. The Morgan fingerprint density at radius 2 is 2.29 bits per heavy atom. The van der Waals surface area contributed by atoms with Gasteiger partial charge in [-0.25, -0.2) is 4.98 Å². The molecule has 1 fully saturated rings. The second-order valence-electron chi connectivity index (χ2n) is 3.68. The van der Waals surface area contributed by atoms with Gasteiger partial charge in [0.15, 0.2) is 5.82 Å². The van der Waals surface area contributed by atoms with Gasteiger partial charge in [-0.15, -0.1) is 0 Å². The largest absolute Gasteiger partial charge is 0.354 e. The van der Waals surface area contributed by atoms with Crippen molar-refractivity contribution in [3.05, 3.63) is 45.6 Å². The van der Waals surface area contributed by atoms with Crippen LogP contribution in [0.15, 0.2) is 30.4 Å². The lowest BCUT2D eigenvalue weighted by Crippen LogP contribution is -2.21. The molecule has 0 atom stereocenters. The molecule has 0 amide bonds. The summed E-state index contributed by atoms with van der Waals surface area (Å²) in [6.45, 7) is 1.43. The van der Waals surface area contributed by atoms with E-state index in [1.165, 1.54) is 0 Å². The van der Waals surface area contributed by atoms with Crippen molar-refractivity contribution in [2.75, 3.05) is 25.0 Å². The van der Waals surface area contributed by atoms with Crippen molar-refractivity contribution in [2.45, 2.75) is 0 Å². The molecule has 2 heterocycles. The zero-order valence-corrected chi connectivity index (χ0v) is 9.96. The van der Waals surface area contributed by atoms with Gasteiger partial charge in [0.1, 0.15) is 5.15 Å². The van der Waals surface area contributed by atoms with E-state index in [2.05, 4.69) is 4.98 Å². The molecule has 0 aromatic carbocycles. The molecule has 0 bridgehead atoms. The zero-order valence-electron chi connectivity index (χ0n) is 9.21. The van der Waals surface area contributed by atoms with Gasteiger partial charge in [-0.2, -0.15) is 0 Å². The molecule has 0 unspecified atom stereocenters. The first-order chi connectivity index (χ1) is 8.08. The van der Waals surface area contributed by atoms with Crippen LogP contribution in [0.5, 0.6) is 0 Å². The number of hydrogen-bond donors (Lipinski definition) is 0. The Balaban J connectivity index is 2.31. The molecule has 1 aromatic rings. The molecule has 0 aliphatic carbocycles. The molecule has 90 valence electrons. The standard InChI is InChI=1S/C10H11ClN4O2/c1-13-4-5-14(10(13)7-15(16)17)8-2-3-9(11)12-6-8/h2-3,6-7H,4-5H2,1H3. The maximum Gasteiger partial charge on any atom is 0.274 e. The van der Waals surface area contributed by atoms with Crippen molar-refractivity contribution in [1.82, 2.24) is 9.88 Å². The predicted octanol–water partition coefficient (Wildman–Crippen LogP) is 1.56. The number of nitrogens with zero attached hydrogens (tertiary/aromatic N) is 4. The van der Waals surface area contributed by atoms with Gasteiger partial charge in [0.05, 0.1) is 16.8 Å². The van der Waals surface area contributed by atoms with Crippen LogP contribution < -0.4 is 4.90 Å². The molecule has 1 aliphatic heterocycles. The predicted molar refractivity (Wildman–Crippen MR) is 64.3 cm³/mol. The molecular weight excluding hydrogens is 244 g/mol. The lowest BCUT2D eigenvalue weighted by molar-refractivity contribution is -0.404. The summed E-state index contributed by atoms with van der Waals surface area (Å²) in [5.74, 6) is 0.555. The maximum absolute atomic E-state index is 10.6. The van der Waals surface area contributed by atoms with Crippen molar-refractivity contribution in [1.29, 1.82) is 0 Å². The lowest BCUT2D eigenvalue weighted by Gasteiger charge is -2.19. The Morgan fingerprint density at radius 1 is 1.53 bits per heavy atom. The number of rotatable bonds is 2. The molecule has 2 rings (SSSR count). The monoisotopic (exact) mass is 254 g/mol. The van der Waals surface area contributed by atoms with Crippen molar-refractivity contribution < 1.29 is 4.92 Å². The molecular formula is C10H11ClN4O2. The number of aromatic nitrogens is 1. The van der Waals surface area contributed by atoms with Gasteiger partial charge in [-0.05, 0) is 12.1 Å². The van der Waals surface area contributed by atoms with Gasteiger partial charge in [-0.1, -0.05) is 11.6 Å². The van der Waals surface area contributed by atoms with Gasteiger partial charge < -0.3 is 9.80 Å². The third-order valence-electron chi connectivity index (χ3n) is 2.57. The normalized spacial score (nSPS) is 17.9. The van der Waals surface area contributed by atoms with Crippen molar-refractivity contribution in [3.8, 4) is 0 Å². The highest BCUT2D eigenvalue weighted by molar-refractivity contribution is 6.29. The van der Waals surface area contributed by atoms with Crippen LogP contribution >= 0.6 is 11.6 Å². The van der Waals surface area contributed by atoms with Gasteiger partial charge >= 0.3 is 0 Å². The summed E-state index contributed by atoms with van der Waals surface area (Å²) in [5, 5.41) is 11.0. The van der Waals surface area contributed by atoms with E-state index in [9.17, 15) is 10.1 Å². The molecule has 6 nitrogen and oxygen atoms in total. The van der Waals surface area contributed by atoms with Gasteiger partial charge in [0.2, 0.25) is 0 Å². The second-order valence-corrected chi connectivity index (χ2v) is 4.07. The summed E-state index contributed by atoms with van der Waals surface area (Å²) in [5.41, 5.74) is 0.798. The molecule has 1 saturated heterocycles. The highest BCUT2D eigenvalue weighted by Crippen LogP contribution is 2.25. The molecule has 0 saturated carbocycles. The van der Waals surface area contributed by atoms with Crippen LogP contribution in [0.4, 0.5) is 5.69 Å². The molecule has 7 heteroatoms. The third-order valence-corrected chi connectivity index (χ3v) is 2.79. The first-order valence-corrected chi connectivity index (χ1v) is 5.41. The van der Waals surface area contributed by atoms with Crippen LogP contribution in [0.1, 0.15) is 0 Å². The smallest absolute Gasteiger partial charge is 0.274 e. The van der Waals surface area contributed by atoms with Crippen molar-refractivity contribution in [2.24, 2.45) is 0 Å². The fraction of sp³-hybridized carbons (Fsp3) is 0.300. The summed E-state index contributed by atoms with van der Waals surface area (Å²) in [4.78, 5) is 17.8. The minimum Gasteiger partial charge on any atom is -0.354 e. The fourth-order valence-electron chi connectivity index (χ4n) is 1.74. The van der Waals surface area contributed by atoms with Crippen LogP contribution in [-0.2, 0) is 0 Å². The number of nitro groups is 1. The van der Waals surface area contributed by atoms with Crippen molar-refractivity contribution in [3.63, 3.8) is 0 Å². The number of halogens is 1. The van der Waals surface area contributed by atoms with E-state index >= 15 is 0 Å². The van der Waals surface area contributed by atoms with Crippen LogP contribution in [0.2, 0.25) is 5.15 Å². The third kappa shape index (κ3) is 2.47. The first kappa shape index (κ1) is 11.7. The fourth-order valence-corrected chi connectivity index (χ4v) is 1.85. The van der Waals surface area contributed by atoms with Gasteiger partial charge in [0.25, 0.3) is 6.20 Å². The van der Waals surface area contributed by atoms with E-state index in [4.69, 9.17) is 11.6 Å². The van der Waals surface area contributed by atoms with Crippen LogP contribution in [0.3, 0.4) is 0 Å². The summed E-state index contributed by atoms with van der Waals surface area (Å²) < 4.78 is 0. The maximum atomic E-state index is 10.6. The quantitative estimate of drug-likeness (QED) is 0.455. The number of anilines is 1. The Labute approximate surface area is 103 Å². The molecule has 0 spiro atoms. The van der Waals surface area contributed by atoms with E-state index in [1.54, 1.807) is 18.3 Å². The van der Waals surface area contributed by atoms with E-state index in [-0.39, 0.29) is 0 Å². The molecule has 1 aliphatic rings. The highest BCUT2D eigenvalue weighted by Gasteiger charge is 2.26. The Bertz CT molecular complexity index is 460. The molecule has 0 radical (unpaired) electrons. The summed E-state index contributed by atoms with van der Waals surface area (Å²) in [6.07, 6.45) is 2.61. The lowest BCUT2D eigenvalue weighted by atomic mass is 10.4. The van der Waals surface area contributed by atoms with Gasteiger partial charge in [0, 0.05) is 20.1 Å². The summed E-state index contributed by atoms with van der Waals surface area (Å²) in [6, 6.07) is 3.46. The Kier molecular flexibility index (Phi) is 3.14. The van der Waals surface area contributed by atoms with Gasteiger partial charge in [-0.3, -0.25) is 10.1 Å². The van der Waals surface area contributed by atoms with Crippen LogP contribution in [0.25, 0.3) is 0 Å². The molecule has 0 N–H and O–H groups in total. The van der Waals surface area contributed by atoms with Crippen LogP contribution in [-0.4, -0.2) is 34.9 Å². The van der Waals surface area contributed by atoms with Crippen LogP contribution in [0, 0.1) is 10.1 Å². The minimum absolute atomic E-state index is 0.404. The van der Waals surface area contributed by atoms with E-state index in [0.717, 1.165) is 18.4 Å². The van der Waals surface area contributed by atoms with E-state index in [0.29, 0.717) is 17.5 Å². The number of likely N-dealkylation sites (N-methyl/N-ethyl adjacent to an activating group) is 1. The van der Waals surface area contributed by atoms with E-state index < -0.39 is 4.92 Å². The molecule has 1 aromatic heterocycles. The summed E-state index contributed by atoms with van der Waals surface area (Å²) >= 11 is 5.70. The average molecular weight is 255 g/mol. The number of pyridine rings is 1. The van der Waals surface area contributed by atoms with E-state index in [1.807, 2.05) is 16.8 Å². The number of hydrogen-bond acceptors (Lipinski definition) is 5. The molecule has 17 heavy (non-hydrogen) atoms. The highest BCUT2D eigenvalue weighted by atomic mass is 35.5. The Hall–Kier alpha value is -1.82. The minimum atomic E-state index is -0.451. The first-order valence-electron chi connectivity index (χ1n) is 5.03. The van der Waals surface area contributed by atoms with Crippen molar-refractivity contribution >= 4 is 17.3 Å². The topological polar surface area (TPSA) is 62.5 Å². The Morgan fingerprint density at radius 3 is 2.88 bits per heavy atom. The SMILES string of the molecule is CN1CCN(c2ccc(Cl)nc2)C1=C[N+](=O)[O-]. The second kappa shape index (κ2) is 4.58. The average Bonchev–Trinajstić information content (AvgIpc) is 2.61. The zero-order chi connectivity index (χ0) is 12.4.